The van der Waals surface area contributed by atoms with Crippen LogP contribution in [0.5, 0.6) is 0 Å². The Morgan fingerprint density at radius 3 is 2.73 bits per heavy atom. The highest BCUT2D eigenvalue weighted by molar-refractivity contribution is 5.06. The summed E-state index contributed by atoms with van der Waals surface area (Å²) in [5, 5.41) is 8.84. The van der Waals surface area contributed by atoms with Crippen molar-refractivity contribution in [3.63, 3.8) is 0 Å². The second kappa shape index (κ2) is 3.78. The van der Waals surface area contributed by atoms with E-state index in [1.807, 2.05) is 0 Å². The molecular formula is C10H16O. The lowest BCUT2D eigenvalue weighted by atomic mass is 10.2. The number of rotatable bonds is 2. The van der Waals surface area contributed by atoms with Gasteiger partial charge in [-0.1, -0.05) is 19.3 Å². The first-order valence-corrected chi connectivity index (χ1v) is 4.40. The number of aliphatic hydroxyl groups is 1. The molecule has 1 nitrogen and oxygen atoms in total. The van der Waals surface area contributed by atoms with Gasteiger partial charge in [0.15, 0.2) is 0 Å². The van der Waals surface area contributed by atoms with Crippen LogP contribution in [0.4, 0.5) is 0 Å². The lowest BCUT2D eigenvalue weighted by molar-refractivity contribution is 0.253. The van der Waals surface area contributed by atoms with Crippen LogP contribution in [0.1, 0.15) is 33.1 Å². The standard InChI is InChI=1S/C10H16O/c1-3-9-7-10(9)6-4-5-8(2)11/h8-11H,3,6-7H2,1-2H3/t8?,9-,10-/m0/s1. The highest BCUT2D eigenvalue weighted by Gasteiger charge is 2.33. The quantitative estimate of drug-likeness (QED) is 0.598. The molecule has 1 rings (SSSR count). The van der Waals surface area contributed by atoms with E-state index in [0.29, 0.717) is 0 Å². The van der Waals surface area contributed by atoms with Gasteiger partial charge in [-0.15, -0.1) is 5.92 Å². The Morgan fingerprint density at radius 1 is 1.55 bits per heavy atom. The lowest BCUT2D eigenvalue weighted by Gasteiger charge is -1.89. The van der Waals surface area contributed by atoms with Crippen LogP contribution < -0.4 is 0 Å². The number of hydrogen-bond acceptors (Lipinski definition) is 1. The first-order valence-electron chi connectivity index (χ1n) is 4.40. The summed E-state index contributed by atoms with van der Waals surface area (Å²) in [4.78, 5) is 0. The minimum atomic E-state index is -0.450. The van der Waals surface area contributed by atoms with E-state index in [-0.39, 0.29) is 0 Å². The van der Waals surface area contributed by atoms with E-state index < -0.39 is 6.10 Å². The van der Waals surface area contributed by atoms with Crippen molar-refractivity contribution < 1.29 is 5.11 Å². The SMILES string of the molecule is CC[C@H]1C[C@@H]1CC#CC(C)O. The highest BCUT2D eigenvalue weighted by Crippen LogP contribution is 2.43. The first-order chi connectivity index (χ1) is 5.24. The zero-order valence-corrected chi connectivity index (χ0v) is 7.30. The molecule has 1 unspecified atom stereocenters. The third-order valence-electron chi connectivity index (χ3n) is 2.27. The molecule has 0 aromatic carbocycles. The average Bonchev–Trinajstić information content (AvgIpc) is 2.66. The van der Waals surface area contributed by atoms with Crippen molar-refractivity contribution in [3.05, 3.63) is 0 Å². The van der Waals surface area contributed by atoms with E-state index >= 15 is 0 Å². The Labute approximate surface area is 68.8 Å². The number of hydrogen-bond donors (Lipinski definition) is 1. The fourth-order valence-electron chi connectivity index (χ4n) is 1.40. The summed E-state index contributed by atoms with van der Waals surface area (Å²) < 4.78 is 0. The van der Waals surface area contributed by atoms with Crippen LogP contribution in [0.15, 0.2) is 0 Å². The van der Waals surface area contributed by atoms with Gasteiger partial charge in [-0.05, 0) is 25.2 Å². The van der Waals surface area contributed by atoms with Gasteiger partial charge in [-0.25, -0.2) is 0 Å². The molecule has 1 heteroatoms. The predicted molar refractivity (Wildman–Crippen MR) is 46.0 cm³/mol. The summed E-state index contributed by atoms with van der Waals surface area (Å²) in [6.45, 7) is 3.93. The molecule has 1 N–H and O–H groups in total. The lowest BCUT2D eigenvalue weighted by Crippen LogP contribution is -1.92. The van der Waals surface area contributed by atoms with Crippen molar-refractivity contribution in [3.8, 4) is 11.8 Å². The van der Waals surface area contributed by atoms with E-state index in [4.69, 9.17) is 5.11 Å². The fraction of sp³-hybridized carbons (Fsp3) is 0.800. The topological polar surface area (TPSA) is 20.2 Å². The van der Waals surface area contributed by atoms with Crippen LogP contribution in [0.25, 0.3) is 0 Å². The van der Waals surface area contributed by atoms with Crippen LogP contribution in [0.2, 0.25) is 0 Å². The second-order valence-electron chi connectivity index (χ2n) is 3.37. The van der Waals surface area contributed by atoms with Crippen molar-refractivity contribution in [1.29, 1.82) is 0 Å². The van der Waals surface area contributed by atoms with Gasteiger partial charge in [-0.3, -0.25) is 0 Å². The largest absolute Gasteiger partial charge is 0.381 e. The Balaban J connectivity index is 2.11. The molecule has 11 heavy (non-hydrogen) atoms. The van der Waals surface area contributed by atoms with Crippen molar-refractivity contribution in [2.75, 3.05) is 0 Å². The van der Waals surface area contributed by atoms with Crippen molar-refractivity contribution in [1.82, 2.24) is 0 Å². The Hall–Kier alpha value is -0.480. The summed E-state index contributed by atoms with van der Waals surface area (Å²) in [7, 11) is 0. The minimum Gasteiger partial charge on any atom is -0.381 e. The molecule has 1 aliphatic carbocycles. The van der Waals surface area contributed by atoms with Crippen LogP contribution in [-0.2, 0) is 0 Å². The predicted octanol–water partition coefficient (Wildman–Crippen LogP) is 1.81. The van der Waals surface area contributed by atoms with Crippen LogP contribution >= 0.6 is 0 Å². The Kier molecular flexibility index (Phi) is 2.96. The second-order valence-corrected chi connectivity index (χ2v) is 3.37. The Morgan fingerprint density at radius 2 is 2.27 bits per heavy atom. The molecular weight excluding hydrogens is 136 g/mol. The normalized spacial score (nSPS) is 30.5. The zero-order chi connectivity index (χ0) is 8.27. The van der Waals surface area contributed by atoms with E-state index in [1.165, 1.54) is 12.8 Å². The summed E-state index contributed by atoms with van der Waals surface area (Å²) in [5.74, 6) is 7.55. The molecule has 0 aromatic heterocycles. The maximum absolute atomic E-state index is 8.84. The van der Waals surface area contributed by atoms with Crippen molar-refractivity contribution in [2.45, 2.75) is 39.2 Å². The van der Waals surface area contributed by atoms with E-state index in [2.05, 4.69) is 18.8 Å². The third-order valence-corrected chi connectivity index (χ3v) is 2.27. The third kappa shape index (κ3) is 2.95. The molecule has 0 radical (unpaired) electrons. The molecule has 62 valence electrons. The van der Waals surface area contributed by atoms with E-state index in [9.17, 15) is 0 Å². The van der Waals surface area contributed by atoms with Gasteiger partial charge in [0.25, 0.3) is 0 Å². The summed E-state index contributed by atoms with van der Waals surface area (Å²) in [5.41, 5.74) is 0. The molecule has 0 amide bonds. The molecule has 0 saturated heterocycles. The minimum absolute atomic E-state index is 0.450. The molecule has 1 fully saturated rings. The van der Waals surface area contributed by atoms with Gasteiger partial charge >= 0.3 is 0 Å². The van der Waals surface area contributed by atoms with Crippen molar-refractivity contribution in [2.24, 2.45) is 11.8 Å². The fourth-order valence-corrected chi connectivity index (χ4v) is 1.40. The Bertz CT molecular complexity index is 173. The first kappa shape index (κ1) is 8.62. The van der Waals surface area contributed by atoms with Gasteiger partial charge in [0, 0.05) is 6.42 Å². The number of aliphatic hydroxyl groups excluding tert-OH is 1. The molecule has 0 heterocycles. The molecule has 3 atom stereocenters. The summed E-state index contributed by atoms with van der Waals surface area (Å²) in [6.07, 6.45) is 3.18. The highest BCUT2D eigenvalue weighted by atomic mass is 16.3. The monoisotopic (exact) mass is 152 g/mol. The molecule has 0 spiro atoms. The van der Waals surface area contributed by atoms with Crippen LogP contribution in [0.3, 0.4) is 0 Å². The van der Waals surface area contributed by atoms with Gasteiger partial charge in [0.1, 0.15) is 6.10 Å². The van der Waals surface area contributed by atoms with Crippen LogP contribution in [0, 0.1) is 23.7 Å². The van der Waals surface area contributed by atoms with E-state index in [1.54, 1.807) is 6.92 Å². The maximum atomic E-state index is 8.84. The molecule has 0 aliphatic heterocycles. The van der Waals surface area contributed by atoms with Gasteiger partial charge < -0.3 is 5.11 Å². The van der Waals surface area contributed by atoms with Crippen LogP contribution in [-0.4, -0.2) is 11.2 Å². The van der Waals surface area contributed by atoms with Crippen molar-refractivity contribution >= 4 is 0 Å². The molecule has 1 saturated carbocycles. The molecule has 1 aliphatic rings. The summed E-state index contributed by atoms with van der Waals surface area (Å²) >= 11 is 0. The average molecular weight is 152 g/mol. The summed E-state index contributed by atoms with van der Waals surface area (Å²) in [6, 6.07) is 0. The zero-order valence-electron chi connectivity index (χ0n) is 7.30. The smallest absolute Gasteiger partial charge is 0.111 e. The van der Waals surface area contributed by atoms with Gasteiger partial charge in [-0.2, -0.15) is 0 Å². The van der Waals surface area contributed by atoms with Gasteiger partial charge in [0.2, 0.25) is 0 Å². The molecule has 0 aromatic rings. The van der Waals surface area contributed by atoms with Gasteiger partial charge in [0.05, 0.1) is 0 Å². The van der Waals surface area contributed by atoms with E-state index in [0.717, 1.165) is 18.3 Å². The maximum Gasteiger partial charge on any atom is 0.111 e. The molecule has 0 bridgehead atoms.